The summed E-state index contributed by atoms with van der Waals surface area (Å²) >= 11 is 0. The van der Waals surface area contributed by atoms with Gasteiger partial charge >= 0.3 is 0 Å². The third kappa shape index (κ3) is 6.45. The zero-order valence-corrected chi connectivity index (χ0v) is 23.4. The summed E-state index contributed by atoms with van der Waals surface area (Å²) in [5.41, 5.74) is 2.17. The van der Waals surface area contributed by atoms with Crippen molar-refractivity contribution >= 4 is 11.8 Å². The average Bonchev–Trinajstić information content (AvgIpc) is 3.38. The lowest BCUT2D eigenvalue weighted by molar-refractivity contribution is 0.0283. The highest BCUT2D eigenvalue weighted by atomic mass is 16.5. The smallest absolute Gasteiger partial charge is 0.193 e. The standard InChI is InChI=1S/C33H46N2O2/c1-5-19-32(20-6-2)28(23-26-15-11-9-12-16-26)34-30(36-32)25-31-35-29(24-27-17-13-10-14-18-27)33(37-31,21-7-3)22-8-4/h9-18,28-29H,5-8,19-25H2,1-4H3/t28-,29-/m1/s1. The van der Waals surface area contributed by atoms with Gasteiger partial charge in [-0.2, -0.15) is 0 Å². The third-order valence-electron chi connectivity index (χ3n) is 8.00. The number of aliphatic imine (C=N–C) groups is 2. The van der Waals surface area contributed by atoms with Gasteiger partial charge in [-0.25, -0.2) is 9.98 Å². The minimum absolute atomic E-state index is 0.128. The fourth-order valence-electron chi connectivity index (χ4n) is 6.49. The van der Waals surface area contributed by atoms with Crippen molar-refractivity contribution in [3.8, 4) is 0 Å². The zero-order valence-electron chi connectivity index (χ0n) is 23.4. The molecule has 2 heterocycles. The van der Waals surface area contributed by atoms with Gasteiger partial charge in [0, 0.05) is 0 Å². The van der Waals surface area contributed by atoms with Gasteiger partial charge in [0.2, 0.25) is 0 Å². The minimum Gasteiger partial charge on any atom is -0.472 e. The van der Waals surface area contributed by atoms with Crippen LogP contribution in [0.2, 0.25) is 0 Å². The maximum atomic E-state index is 6.81. The Labute approximate surface area is 224 Å². The molecule has 2 aliphatic heterocycles. The molecule has 4 nitrogen and oxygen atoms in total. The average molecular weight is 503 g/mol. The number of hydrogen-bond acceptors (Lipinski definition) is 4. The molecule has 0 bridgehead atoms. The monoisotopic (exact) mass is 502 g/mol. The van der Waals surface area contributed by atoms with Crippen LogP contribution in [0, 0.1) is 0 Å². The molecule has 200 valence electrons. The molecule has 0 radical (unpaired) electrons. The fraction of sp³-hybridized carbons (Fsp3) is 0.576. The van der Waals surface area contributed by atoms with Crippen LogP contribution in [-0.4, -0.2) is 35.1 Å². The second-order valence-electron chi connectivity index (χ2n) is 11.0. The molecule has 0 aromatic heterocycles. The summed E-state index contributed by atoms with van der Waals surface area (Å²) in [6, 6.07) is 21.7. The van der Waals surface area contributed by atoms with Crippen molar-refractivity contribution in [2.45, 2.75) is 122 Å². The number of rotatable bonds is 14. The highest BCUT2D eigenvalue weighted by Crippen LogP contribution is 2.40. The zero-order chi connectivity index (χ0) is 26.1. The molecule has 0 unspecified atom stereocenters. The lowest BCUT2D eigenvalue weighted by Gasteiger charge is -2.34. The molecule has 0 N–H and O–H groups in total. The molecule has 2 aliphatic rings. The predicted molar refractivity (Wildman–Crippen MR) is 155 cm³/mol. The Morgan fingerprint density at radius 1 is 0.568 bits per heavy atom. The summed E-state index contributed by atoms with van der Waals surface area (Å²) < 4.78 is 13.6. The molecule has 0 fully saturated rings. The Morgan fingerprint density at radius 3 is 1.24 bits per heavy atom. The molecule has 2 aromatic rings. The SMILES string of the molecule is CCCC1(CCC)OC(CC2=N[C@H](Cc3ccccc3)C(CCC)(CCC)O2)=N[C@@H]1Cc1ccccc1. The summed E-state index contributed by atoms with van der Waals surface area (Å²) in [6.07, 6.45) is 10.8. The number of benzene rings is 2. The molecule has 0 saturated heterocycles. The summed E-state index contributed by atoms with van der Waals surface area (Å²) in [6.45, 7) is 9.00. The molecule has 0 saturated carbocycles. The molecule has 37 heavy (non-hydrogen) atoms. The normalized spacial score (nSPS) is 21.7. The molecule has 0 aliphatic carbocycles. The van der Waals surface area contributed by atoms with E-state index in [1.165, 1.54) is 11.1 Å². The Balaban J connectivity index is 1.58. The van der Waals surface area contributed by atoms with E-state index in [4.69, 9.17) is 19.5 Å². The van der Waals surface area contributed by atoms with Gasteiger partial charge in [0.1, 0.15) is 11.2 Å². The van der Waals surface area contributed by atoms with Crippen LogP contribution in [0.4, 0.5) is 0 Å². The van der Waals surface area contributed by atoms with E-state index in [0.29, 0.717) is 6.42 Å². The first-order valence-electron chi connectivity index (χ1n) is 14.7. The van der Waals surface area contributed by atoms with E-state index in [1.807, 2.05) is 0 Å². The Kier molecular flexibility index (Phi) is 9.45. The number of ether oxygens (including phenoxy) is 2. The van der Waals surface area contributed by atoms with Gasteiger partial charge in [-0.15, -0.1) is 0 Å². The molecule has 4 heteroatoms. The van der Waals surface area contributed by atoms with E-state index in [1.54, 1.807) is 0 Å². The Bertz CT molecular complexity index is 935. The second kappa shape index (κ2) is 12.8. The molecule has 4 rings (SSSR count). The maximum Gasteiger partial charge on any atom is 0.193 e. The van der Waals surface area contributed by atoms with Crippen molar-refractivity contribution in [2.75, 3.05) is 0 Å². The molecular weight excluding hydrogens is 456 g/mol. The van der Waals surface area contributed by atoms with Gasteiger partial charge in [0.05, 0.1) is 18.5 Å². The molecular formula is C33H46N2O2. The van der Waals surface area contributed by atoms with Gasteiger partial charge < -0.3 is 9.47 Å². The van der Waals surface area contributed by atoms with E-state index >= 15 is 0 Å². The maximum absolute atomic E-state index is 6.81. The van der Waals surface area contributed by atoms with Gasteiger partial charge in [0.15, 0.2) is 11.8 Å². The van der Waals surface area contributed by atoms with Gasteiger partial charge in [0.25, 0.3) is 0 Å². The second-order valence-corrected chi connectivity index (χ2v) is 11.0. The van der Waals surface area contributed by atoms with Crippen LogP contribution in [0.15, 0.2) is 70.6 Å². The van der Waals surface area contributed by atoms with Gasteiger partial charge in [-0.3, -0.25) is 0 Å². The summed E-state index contributed by atoms with van der Waals surface area (Å²) in [5.74, 6) is 1.62. The van der Waals surface area contributed by atoms with Crippen molar-refractivity contribution < 1.29 is 9.47 Å². The lowest BCUT2D eigenvalue weighted by atomic mass is 9.82. The third-order valence-corrected chi connectivity index (χ3v) is 8.00. The van der Waals surface area contributed by atoms with Crippen LogP contribution in [0.3, 0.4) is 0 Å². The fourth-order valence-corrected chi connectivity index (χ4v) is 6.49. The van der Waals surface area contributed by atoms with Gasteiger partial charge in [-0.05, 0) is 49.7 Å². The van der Waals surface area contributed by atoms with Crippen LogP contribution in [0.5, 0.6) is 0 Å². The van der Waals surface area contributed by atoms with Crippen molar-refractivity contribution in [1.82, 2.24) is 0 Å². The van der Waals surface area contributed by atoms with Crippen molar-refractivity contribution in [3.63, 3.8) is 0 Å². The first kappa shape index (κ1) is 27.4. The topological polar surface area (TPSA) is 43.2 Å². The predicted octanol–water partition coefficient (Wildman–Crippen LogP) is 8.13. The van der Waals surface area contributed by atoms with Crippen molar-refractivity contribution in [3.05, 3.63) is 71.8 Å². The van der Waals surface area contributed by atoms with E-state index in [0.717, 1.165) is 76.0 Å². The van der Waals surface area contributed by atoms with E-state index in [-0.39, 0.29) is 23.3 Å². The summed E-state index contributed by atoms with van der Waals surface area (Å²) in [7, 11) is 0. The van der Waals surface area contributed by atoms with Gasteiger partial charge in [-0.1, -0.05) is 114 Å². The Morgan fingerprint density at radius 2 is 0.919 bits per heavy atom. The minimum atomic E-state index is -0.235. The van der Waals surface area contributed by atoms with Crippen molar-refractivity contribution in [1.29, 1.82) is 0 Å². The quantitative estimate of drug-likeness (QED) is 0.262. The van der Waals surface area contributed by atoms with Crippen LogP contribution in [-0.2, 0) is 22.3 Å². The highest BCUT2D eigenvalue weighted by molar-refractivity contribution is 5.99. The van der Waals surface area contributed by atoms with E-state index in [2.05, 4.69) is 88.4 Å². The van der Waals surface area contributed by atoms with E-state index < -0.39 is 0 Å². The largest absolute Gasteiger partial charge is 0.472 e. The summed E-state index contributed by atoms with van der Waals surface area (Å²) in [5, 5.41) is 0. The van der Waals surface area contributed by atoms with Crippen LogP contribution >= 0.6 is 0 Å². The first-order chi connectivity index (χ1) is 18.1. The van der Waals surface area contributed by atoms with Crippen molar-refractivity contribution in [2.24, 2.45) is 9.98 Å². The van der Waals surface area contributed by atoms with E-state index in [9.17, 15) is 0 Å². The first-order valence-corrected chi connectivity index (χ1v) is 14.7. The van der Waals surface area contributed by atoms with Crippen LogP contribution in [0.1, 0.15) is 96.6 Å². The molecule has 0 amide bonds. The summed E-state index contributed by atoms with van der Waals surface area (Å²) in [4.78, 5) is 10.4. The number of hydrogen-bond donors (Lipinski definition) is 0. The lowest BCUT2D eigenvalue weighted by Crippen LogP contribution is -2.42. The molecule has 2 atom stereocenters. The molecule has 0 spiro atoms. The molecule has 2 aromatic carbocycles. The van der Waals surface area contributed by atoms with Crippen LogP contribution < -0.4 is 0 Å². The Hall–Kier alpha value is -2.62. The van der Waals surface area contributed by atoms with Crippen LogP contribution in [0.25, 0.3) is 0 Å². The highest BCUT2D eigenvalue weighted by Gasteiger charge is 2.48. The number of nitrogens with zero attached hydrogens (tertiary/aromatic N) is 2.